The van der Waals surface area contributed by atoms with Gasteiger partial charge in [-0.3, -0.25) is 19.3 Å². The first-order chi connectivity index (χ1) is 13.4. The van der Waals surface area contributed by atoms with Gasteiger partial charge in [-0.05, 0) is 44.2 Å². The van der Waals surface area contributed by atoms with Crippen molar-refractivity contribution in [2.45, 2.75) is 26.0 Å². The van der Waals surface area contributed by atoms with Crippen LogP contribution >= 0.6 is 0 Å². The molecule has 4 heterocycles. The summed E-state index contributed by atoms with van der Waals surface area (Å²) < 4.78 is 1.42. The molecule has 0 fully saturated rings. The van der Waals surface area contributed by atoms with Gasteiger partial charge in [0.2, 0.25) is 0 Å². The van der Waals surface area contributed by atoms with E-state index in [1.807, 2.05) is 24.3 Å². The van der Waals surface area contributed by atoms with Gasteiger partial charge in [0, 0.05) is 35.9 Å². The van der Waals surface area contributed by atoms with Crippen LogP contribution in [-0.2, 0) is 6.54 Å². The summed E-state index contributed by atoms with van der Waals surface area (Å²) in [6.07, 6.45) is 8.21. The van der Waals surface area contributed by atoms with E-state index < -0.39 is 5.60 Å². The highest BCUT2D eigenvalue weighted by Gasteiger charge is 2.18. The third-order valence-electron chi connectivity index (χ3n) is 4.26. The predicted octanol–water partition coefficient (Wildman–Crippen LogP) is 2.69. The van der Waals surface area contributed by atoms with Crippen molar-refractivity contribution in [3.63, 3.8) is 0 Å². The van der Waals surface area contributed by atoms with Gasteiger partial charge in [0.15, 0.2) is 0 Å². The molecule has 0 amide bonds. The van der Waals surface area contributed by atoms with Crippen LogP contribution < -0.4 is 5.56 Å². The van der Waals surface area contributed by atoms with Crippen molar-refractivity contribution in [3.05, 3.63) is 71.8 Å². The number of aromatic nitrogens is 5. The van der Waals surface area contributed by atoms with Crippen molar-refractivity contribution in [2.75, 3.05) is 0 Å². The Kier molecular flexibility index (Phi) is 4.44. The van der Waals surface area contributed by atoms with E-state index in [9.17, 15) is 9.90 Å². The maximum Gasteiger partial charge on any atom is 0.261 e. The average Bonchev–Trinajstić information content (AvgIpc) is 2.70. The average molecular weight is 373 g/mol. The standard InChI is InChI=1S/C21H19N5O2/c1-21(2,28)12-26-13-24-19-16(20(26)27)9-17(14-5-3-7-22-10-14)25-18(19)15-6-4-8-23-11-15/h3-11,13,28H,12H2,1-2H3. The summed E-state index contributed by atoms with van der Waals surface area (Å²) >= 11 is 0. The molecule has 0 saturated carbocycles. The van der Waals surface area contributed by atoms with Gasteiger partial charge >= 0.3 is 0 Å². The first-order valence-electron chi connectivity index (χ1n) is 8.86. The molecule has 0 bridgehead atoms. The Balaban J connectivity index is 2.02. The Hall–Kier alpha value is -3.45. The van der Waals surface area contributed by atoms with E-state index in [0.29, 0.717) is 22.3 Å². The van der Waals surface area contributed by atoms with Crippen molar-refractivity contribution in [1.82, 2.24) is 24.5 Å². The molecule has 1 N–H and O–H groups in total. The van der Waals surface area contributed by atoms with Crippen LogP contribution in [0.15, 0.2) is 66.2 Å². The zero-order valence-corrected chi connectivity index (χ0v) is 15.6. The third-order valence-corrected chi connectivity index (χ3v) is 4.26. The van der Waals surface area contributed by atoms with Crippen LogP contribution in [0.5, 0.6) is 0 Å². The molecule has 0 aliphatic rings. The maximum absolute atomic E-state index is 13.1. The minimum atomic E-state index is -1.04. The molecule has 0 atom stereocenters. The summed E-state index contributed by atoms with van der Waals surface area (Å²) in [5.41, 5.74) is 2.00. The van der Waals surface area contributed by atoms with E-state index in [-0.39, 0.29) is 12.1 Å². The molecule has 0 saturated heterocycles. The van der Waals surface area contributed by atoms with Crippen LogP contribution in [0.4, 0.5) is 0 Å². The van der Waals surface area contributed by atoms with Gasteiger partial charge in [0.1, 0.15) is 5.52 Å². The van der Waals surface area contributed by atoms with Gasteiger partial charge in [-0.25, -0.2) is 9.97 Å². The molecule has 4 aromatic rings. The summed E-state index contributed by atoms with van der Waals surface area (Å²) in [6.45, 7) is 3.44. The molecule has 4 aromatic heterocycles. The SMILES string of the molecule is CC(C)(O)Cn1cnc2c(-c3cccnc3)nc(-c3cccnc3)cc2c1=O. The van der Waals surface area contributed by atoms with Crippen molar-refractivity contribution in [2.24, 2.45) is 0 Å². The molecule has 4 rings (SSSR count). The number of fused-ring (bicyclic) bond motifs is 1. The maximum atomic E-state index is 13.1. The van der Waals surface area contributed by atoms with E-state index in [4.69, 9.17) is 4.98 Å². The second-order valence-electron chi connectivity index (χ2n) is 7.23. The Morgan fingerprint density at radius 3 is 2.36 bits per heavy atom. The summed E-state index contributed by atoms with van der Waals surface area (Å²) in [6, 6.07) is 9.13. The molecule has 0 aromatic carbocycles. The number of hydrogen-bond donors (Lipinski definition) is 1. The molecule has 140 valence electrons. The monoisotopic (exact) mass is 373 g/mol. The van der Waals surface area contributed by atoms with Crippen LogP contribution in [0.3, 0.4) is 0 Å². The molecule has 0 radical (unpaired) electrons. The van der Waals surface area contributed by atoms with E-state index in [1.54, 1.807) is 44.7 Å². The van der Waals surface area contributed by atoms with Gasteiger partial charge in [0.25, 0.3) is 5.56 Å². The Labute approximate surface area is 161 Å². The quantitative estimate of drug-likeness (QED) is 0.591. The van der Waals surface area contributed by atoms with Gasteiger partial charge in [-0.1, -0.05) is 0 Å². The summed E-state index contributed by atoms with van der Waals surface area (Å²) in [5, 5.41) is 10.5. The Morgan fingerprint density at radius 2 is 1.75 bits per heavy atom. The van der Waals surface area contributed by atoms with E-state index in [1.165, 1.54) is 10.9 Å². The second-order valence-corrected chi connectivity index (χ2v) is 7.23. The van der Waals surface area contributed by atoms with Crippen LogP contribution in [-0.4, -0.2) is 35.2 Å². The number of hydrogen-bond acceptors (Lipinski definition) is 6. The molecule has 0 unspecified atom stereocenters. The van der Waals surface area contributed by atoms with Crippen molar-refractivity contribution in [1.29, 1.82) is 0 Å². The minimum absolute atomic E-state index is 0.140. The Morgan fingerprint density at radius 1 is 1.07 bits per heavy atom. The van der Waals surface area contributed by atoms with E-state index in [2.05, 4.69) is 15.0 Å². The number of aliphatic hydroxyl groups is 1. The zero-order valence-electron chi connectivity index (χ0n) is 15.6. The van der Waals surface area contributed by atoms with Crippen LogP contribution in [0.2, 0.25) is 0 Å². The zero-order chi connectivity index (χ0) is 19.7. The smallest absolute Gasteiger partial charge is 0.261 e. The minimum Gasteiger partial charge on any atom is -0.389 e. The molecule has 0 spiro atoms. The van der Waals surface area contributed by atoms with Crippen LogP contribution in [0, 0.1) is 0 Å². The molecule has 28 heavy (non-hydrogen) atoms. The molecule has 0 aliphatic carbocycles. The fraction of sp³-hybridized carbons (Fsp3) is 0.190. The number of pyridine rings is 3. The summed E-state index contributed by atoms with van der Waals surface area (Å²) in [7, 11) is 0. The first-order valence-corrected chi connectivity index (χ1v) is 8.86. The van der Waals surface area contributed by atoms with Gasteiger partial charge in [0.05, 0.1) is 35.2 Å². The highest BCUT2D eigenvalue weighted by molar-refractivity contribution is 5.93. The molecule has 7 heteroatoms. The van der Waals surface area contributed by atoms with E-state index in [0.717, 1.165) is 11.1 Å². The topological polar surface area (TPSA) is 93.8 Å². The predicted molar refractivity (Wildman–Crippen MR) is 107 cm³/mol. The van der Waals surface area contributed by atoms with Crippen molar-refractivity contribution >= 4 is 10.9 Å². The Bertz CT molecular complexity index is 1180. The first kappa shape index (κ1) is 17.9. The normalized spacial score (nSPS) is 11.7. The summed E-state index contributed by atoms with van der Waals surface area (Å²) in [4.78, 5) is 30.7. The highest BCUT2D eigenvalue weighted by atomic mass is 16.3. The van der Waals surface area contributed by atoms with Crippen LogP contribution in [0.25, 0.3) is 33.4 Å². The molecule has 0 aliphatic heterocycles. The number of nitrogens with zero attached hydrogens (tertiary/aromatic N) is 5. The fourth-order valence-corrected chi connectivity index (χ4v) is 3.06. The lowest BCUT2D eigenvalue weighted by Gasteiger charge is -2.19. The molecule has 7 nitrogen and oxygen atoms in total. The van der Waals surface area contributed by atoms with Gasteiger partial charge < -0.3 is 5.11 Å². The lowest BCUT2D eigenvalue weighted by Crippen LogP contribution is -2.33. The fourth-order valence-electron chi connectivity index (χ4n) is 3.06. The number of rotatable bonds is 4. The van der Waals surface area contributed by atoms with Crippen molar-refractivity contribution < 1.29 is 5.11 Å². The van der Waals surface area contributed by atoms with Gasteiger partial charge in [-0.15, -0.1) is 0 Å². The second kappa shape index (κ2) is 6.94. The molecular weight excluding hydrogens is 354 g/mol. The van der Waals surface area contributed by atoms with E-state index >= 15 is 0 Å². The highest BCUT2D eigenvalue weighted by Crippen LogP contribution is 2.28. The molecular formula is C21H19N5O2. The lowest BCUT2D eigenvalue weighted by atomic mass is 10.1. The third kappa shape index (κ3) is 3.52. The van der Waals surface area contributed by atoms with Crippen LogP contribution in [0.1, 0.15) is 13.8 Å². The summed E-state index contributed by atoms with van der Waals surface area (Å²) in [5.74, 6) is 0. The largest absolute Gasteiger partial charge is 0.389 e. The lowest BCUT2D eigenvalue weighted by molar-refractivity contribution is 0.0603. The van der Waals surface area contributed by atoms with Crippen molar-refractivity contribution in [3.8, 4) is 22.5 Å². The van der Waals surface area contributed by atoms with Gasteiger partial charge in [-0.2, -0.15) is 0 Å².